The fourth-order valence-electron chi connectivity index (χ4n) is 2.02. The molecule has 0 fully saturated rings. The van der Waals surface area contributed by atoms with Gasteiger partial charge in [0.25, 0.3) is 5.91 Å². The summed E-state index contributed by atoms with van der Waals surface area (Å²) in [6, 6.07) is 11.2. The molecule has 2 rings (SSSR count). The molecule has 0 aliphatic carbocycles. The van der Waals surface area contributed by atoms with E-state index in [4.69, 9.17) is 9.84 Å². The molecule has 0 spiro atoms. The van der Waals surface area contributed by atoms with E-state index in [1.165, 1.54) is 0 Å². The molecule has 25 heavy (non-hydrogen) atoms. The normalized spacial score (nSPS) is 11.9. The van der Waals surface area contributed by atoms with E-state index < -0.39 is 12.1 Å². The van der Waals surface area contributed by atoms with E-state index in [1.54, 1.807) is 31.5 Å². The van der Waals surface area contributed by atoms with Crippen LogP contribution in [0.3, 0.4) is 0 Å². The van der Waals surface area contributed by atoms with E-state index in [9.17, 15) is 9.59 Å². The monoisotopic (exact) mass is 340 g/mol. The average molecular weight is 340 g/mol. The Labute approximate surface area is 146 Å². The lowest BCUT2D eigenvalue weighted by Crippen LogP contribution is -2.37. The SMILES string of the molecule is CC(Oc1ccc(/C=C/c2ccncc2)cc1)C(=O)NCCC(=O)O. The first-order valence-corrected chi connectivity index (χ1v) is 7.89. The summed E-state index contributed by atoms with van der Waals surface area (Å²) in [5.41, 5.74) is 2.06. The maximum absolute atomic E-state index is 11.8. The largest absolute Gasteiger partial charge is 0.481 e. The Morgan fingerprint density at radius 1 is 1.12 bits per heavy atom. The topological polar surface area (TPSA) is 88.5 Å². The molecule has 0 aliphatic heterocycles. The van der Waals surface area contributed by atoms with E-state index in [1.807, 2.05) is 36.4 Å². The van der Waals surface area contributed by atoms with Gasteiger partial charge >= 0.3 is 5.97 Å². The Morgan fingerprint density at radius 2 is 1.72 bits per heavy atom. The third-order valence-corrected chi connectivity index (χ3v) is 3.37. The van der Waals surface area contributed by atoms with Gasteiger partial charge < -0.3 is 15.2 Å². The van der Waals surface area contributed by atoms with Crippen LogP contribution in [0.5, 0.6) is 5.75 Å². The summed E-state index contributed by atoms with van der Waals surface area (Å²) in [6.45, 7) is 1.70. The smallest absolute Gasteiger partial charge is 0.305 e. The molecular formula is C19H20N2O4. The van der Waals surface area contributed by atoms with Crippen molar-refractivity contribution in [3.8, 4) is 5.75 Å². The lowest BCUT2D eigenvalue weighted by Gasteiger charge is -2.14. The van der Waals surface area contributed by atoms with Crippen molar-refractivity contribution in [2.24, 2.45) is 0 Å². The van der Waals surface area contributed by atoms with Crippen LogP contribution in [0.25, 0.3) is 12.2 Å². The minimum atomic E-state index is -0.954. The van der Waals surface area contributed by atoms with Gasteiger partial charge in [0.15, 0.2) is 6.10 Å². The number of carbonyl (C=O) groups excluding carboxylic acids is 1. The van der Waals surface area contributed by atoms with E-state index in [0.717, 1.165) is 11.1 Å². The highest BCUT2D eigenvalue weighted by molar-refractivity contribution is 5.81. The van der Waals surface area contributed by atoms with Crippen LogP contribution in [-0.2, 0) is 9.59 Å². The Hall–Kier alpha value is -3.15. The zero-order chi connectivity index (χ0) is 18.1. The first-order valence-electron chi connectivity index (χ1n) is 7.89. The van der Waals surface area contributed by atoms with Crippen molar-refractivity contribution in [1.29, 1.82) is 0 Å². The third-order valence-electron chi connectivity index (χ3n) is 3.37. The van der Waals surface area contributed by atoms with E-state index >= 15 is 0 Å². The first kappa shape index (κ1) is 18.2. The van der Waals surface area contributed by atoms with Crippen molar-refractivity contribution in [2.75, 3.05) is 6.54 Å². The number of rotatable bonds is 8. The average Bonchev–Trinajstić information content (AvgIpc) is 2.61. The third kappa shape index (κ3) is 6.47. The Morgan fingerprint density at radius 3 is 2.32 bits per heavy atom. The molecule has 2 N–H and O–H groups in total. The van der Waals surface area contributed by atoms with Crippen molar-refractivity contribution in [1.82, 2.24) is 10.3 Å². The molecule has 6 heteroatoms. The summed E-state index contributed by atoms with van der Waals surface area (Å²) in [5, 5.41) is 11.1. The summed E-state index contributed by atoms with van der Waals surface area (Å²) in [6.07, 6.45) is 6.61. The number of carboxylic acids is 1. The maximum Gasteiger partial charge on any atom is 0.305 e. The number of pyridine rings is 1. The summed E-state index contributed by atoms with van der Waals surface area (Å²) in [7, 11) is 0. The van der Waals surface area contributed by atoms with Gasteiger partial charge in [-0.15, -0.1) is 0 Å². The van der Waals surface area contributed by atoms with Crippen LogP contribution in [0, 0.1) is 0 Å². The molecule has 1 amide bonds. The maximum atomic E-state index is 11.8. The number of aliphatic carboxylic acids is 1. The second-order valence-electron chi connectivity index (χ2n) is 5.38. The Balaban J connectivity index is 1.86. The molecule has 1 unspecified atom stereocenters. The molecule has 0 saturated carbocycles. The summed E-state index contributed by atoms with van der Waals surface area (Å²) in [4.78, 5) is 26.2. The standard InChI is InChI=1S/C19H20N2O4/c1-14(19(24)21-13-10-18(22)23)25-17-6-4-15(5-7-17)2-3-16-8-11-20-12-9-16/h2-9,11-12,14H,10,13H2,1H3,(H,21,24)(H,22,23)/b3-2+. The number of amides is 1. The minimum Gasteiger partial charge on any atom is -0.481 e. The highest BCUT2D eigenvalue weighted by Gasteiger charge is 2.14. The molecule has 1 atom stereocenters. The number of aromatic nitrogens is 1. The van der Waals surface area contributed by atoms with E-state index in [0.29, 0.717) is 5.75 Å². The zero-order valence-electron chi connectivity index (χ0n) is 13.9. The van der Waals surface area contributed by atoms with Gasteiger partial charge in [-0.1, -0.05) is 24.3 Å². The van der Waals surface area contributed by atoms with Crippen molar-refractivity contribution in [3.63, 3.8) is 0 Å². The number of benzene rings is 1. The molecule has 0 aliphatic rings. The molecule has 130 valence electrons. The van der Waals surface area contributed by atoms with Gasteiger partial charge in [0.1, 0.15) is 5.75 Å². The predicted octanol–water partition coefficient (Wildman–Crippen LogP) is 2.61. The molecular weight excluding hydrogens is 320 g/mol. The summed E-state index contributed by atoms with van der Waals surface area (Å²) < 4.78 is 5.56. The second kappa shape index (κ2) is 9.22. The van der Waals surface area contributed by atoms with Gasteiger partial charge in [0.05, 0.1) is 6.42 Å². The van der Waals surface area contributed by atoms with Gasteiger partial charge in [0.2, 0.25) is 0 Å². The van der Waals surface area contributed by atoms with Gasteiger partial charge in [0, 0.05) is 18.9 Å². The highest BCUT2D eigenvalue weighted by Crippen LogP contribution is 2.16. The van der Waals surface area contributed by atoms with Crippen LogP contribution < -0.4 is 10.1 Å². The number of hydrogen-bond donors (Lipinski definition) is 2. The second-order valence-corrected chi connectivity index (χ2v) is 5.38. The Kier molecular flexibility index (Phi) is 6.71. The van der Waals surface area contributed by atoms with Crippen molar-refractivity contribution in [2.45, 2.75) is 19.4 Å². The summed E-state index contributed by atoms with van der Waals surface area (Å²) in [5.74, 6) is -0.728. The number of carbonyl (C=O) groups is 2. The minimum absolute atomic E-state index is 0.0839. The van der Waals surface area contributed by atoms with Crippen LogP contribution >= 0.6 is 0 Å². The highest BCUT2D eigenvalue weighted by atomic mass is 16.5. The molecule has 1 aromatic heterocycles. The number of ether oxygens (including phenoxy) is 1. The van der Waals surface area contributed by atoms with Gasteiger partial charge in [-0.25, -0.2) is 0 Å². The quantitative estimate of drug-likeness (QED) is 0.771. The first-order chi connectivity index (χ1) is 12.0. The molecule has 6 nitrogen and oxygen atoms in total. The molecule has 0 bridgehead atoms. The fourth-order valence-corrected chi connectivity index (χ4v) is 2.02. The molecule has 1 aromatic carbocycles. The van der Waals surface area contributed by atoms with Gasteiger partial charge in [-0.2, -0.15) is 0 Å². The number of nitrogens with zero attached hydrogens (tertiary/aromatic N) is 1. The van der Waals surface area contributed by atoms with E-state index in [2.05, 4.69) is 10.3 Å². The van der Waals surface area contributed by atoms with Gasteiger partial charge in [-0.3, -0.25) is 14.6 Å². The van der Waals surface area contributed by atoms with Crippen LogP contribution in [0.4, 0.5) is 0 Å². The molecule has 1 heterocycles. The van der Waals surface area contributed by atoms with E-state index in [-0.39, 0.29) is 18.9 Å². The van der Waals surface area contributed by atoms with Crippen molar-refractivity contribution in [3.05, 3.63) is 59.9 Å². The van der Waals surface area contributed by atoms with Crippen LogP contribution in [0.1, 0.15) is 24.5 Å². The molecule has 2 aromatic rings. The molecule has 0 radical (unpaired) electrons. The number of hydrogen-bond acceptors (Lipinski definition) is 4. The van der Waals surface area contributed by atoms with Crippen molar-refractivity contribution < 1.29 is 19.4 Å². The van der Waals surface area contributed by atoms with Crippen LogP contribution in [0.2, 0.25) is 0 Å². The number of nitrogens with one attached hydrogen (secondary N) is 1. The lowest BCUT2D eigenvalue weighted by molar-refractivity contribution is -0.137. The number of carboxylic acid groups (broad SMARTS) is 1. The fraction of sp³-hybridized carbons (Fsp3) is 0.211. The lowest BCUT2D eigenvalue weighted by atomic mass is 10.1. The van der Waals surface area contributed by atoms with Crippen molar-refractivity contribution >= 4 is 24.0 Å². The van der Waals surface area contributed by atoms with Crippen LogP contribution in [0.15, 0.2) is 48.8 Å². The van der Waals surface area contributed by atoms with Gasteiger partial charge in [-0.05, 0) is 42.3 Å². The van der Waals surface area contributed by atoms with Crippen LogP contribution in [-0.4, -0.2) is 34.6 Å². The Bertz CT molecular complexity index is 727. The zero-order valence-corrected chi connectivity index (χ0v) is 13.9. The molecule has 0 saturated heterocycles. The predicted molar refractivity (Wildman–Crippen MR) is 95.0 cm³/mol. The summed E-state index contributed by atoms with van der Waals surface area (Å²) >= 11 is 0.